The third kappa shape index (κ3) is 3.93. The molecule has 1 N–H and O–H groups in total. The molecule has 3 amide bonds. The van der Waals surface area contributed by atoms with Crippen molar-refractivity contribution in [2.75, 3.05) is 26.7 Å². The zero-order chi connectivity index (χ0) is 15.4. The normalized spacial score (nSPS) is 16.7. The minimum atomic E-state index is -0.924. The number of halogens is 1. The first-order chi connectivity index (χ1) is 9.99. The summed E-state index contributed by atoms with van der Waals surface area (Å²) in [7, 11) is 1.54. The van der Waals surface area contributed by atoms with Gasteiger partial charge in [0.05, 0.1) is 25.9 Å². The van der Waals surface area contributed by atoms with E-state index in [9.17, 15) is 14.7 Å². The third-order valence-electron chi connectivity index (χ3n) is 3.15. The highest BCUT2D eigenvalue weighted by atomic mass is 35.5. The molecule has 7 heteroatoms. The standard InChI is InChI=1S/C14H17ClN2O4/c1-16-7-13(19)17(14(16)20)6-11(18)9-21-8-10-4-2-3-5-12(10)15/h2-5,11,18H,6-9H2,1H3. The van der Waals surface area contributed by atoms with E-state index in [2.05, 4.69) is 0 Å². The Hall–Kier alpha value is -1.63. The first-order valence-corrected chi connectivity index (χ1v) is 6.91. The number of aliphatic hydroxyl groups excluding tert-OH is 1. The Morgan fingerprint density at radius 2 is 2.10 bits per heavy atom. The van der Waals surface area contributed by atoms with Gasteiger partial charge in [0, 0.05) is 12.1 Å². The van der Waals surface area contributed by atoms with Crippen LogP contribution in [0, 0.1) is 0 Å². The number of nitrogens with zero attached hydrogens (tertiary/aromatic N) is 2. The van der Waals surface area contributed by atoms with E-state index in [-0.39, 0.29) is 32.2 Å². The van der Waals surface area contributed by atoms with Crippen LogP contribution in [0.1, 0.15) is 5.56 Å². The van der Waals surface area contributed by atoms with Gasteiger partial charge in [-0.05, 0) is 11.6 Å². The molecule has 1 unspecified atom stereocenters. The average molecular weight is 313 g/mol. The molecule has 6 nitrogen and oxygen atoms in total. The summed E-state index contributed by atoms with van der Waals surface area (Å²) in [5.74, 6) is -0.312. The summed E-state index contributed by atoms with van der Waals surface area (Å²) in [5, 5.41) is 10.5. The van der Waals surface area contributed by atoms with Gasteiger partial charge < -0.3 is 14.7 Å². The Morgan fingerprint density at radius 3 is 2.71 bits per heavy atom. The van der Waals surface area contributed by atoms with Crippen molar-refractivity contribution >= 4 is 23.5 Å². The fourth-order valence-electron chi connectivity index (χ4n) is 2.03. The molecule has 21 heavy (non-hydrogen) atoms. The van der Waals surface area contributed by atoms with E-state index in [4.69, 9.17) is 16.3 Å². The highest BCUT2D eigenvalue weighted by Gasteiger charge is 2.34. The van der Waals surface area contributed by atoms with Crippen molar-refractivity contribution in [2.24, 2.45) is 0 Å². The maximum Gasteiger partial charge on any atom is 0.327 e. The number of benzene rings is 1. The van der Waals surface area contributed by atoms with Crippen LogP contribution in [0.2, 0.25) is 5.02 Å². The second-order valence-electron chi connectivity index (χ2n) is 4.90. The Kier molecular flexibility index (Phi) is 5.17. The van der Waals surface area contributed by atoms with Crippen molar-refractivity contribution in [1.82, 2.24) is 9.80 Å². The maximum absolute atomic E-state index is 11.7. The Bertz CT molecular complexity index is 537. The number of β-amino-alcohol motifs (C(OH)–C–C–N with tert-alkyl or cyclic N) is 1. The number of hydrogen-bond donors (Lipinski definition) is 1. The topological polar surface area (TPSA) is 70.1 Å². The van der Waals surface area contributed by atoms with Crippen LogP contribution in [0.3, 0.4) is 0 Å². The third-order valence-corrected chi connectivity index (χ3v) is 3.52. The van der Waals surface area contributed by atoms with Crippen LogP contribution in [-0.4, -0.2) is 59.7 Å². The van der Waals surface area contributed by atoms with E-state index in [1.54, 1.807) is 13.1 Å². The number of rotatable bonds is 6. The summed E-state index contributed by atoms with van der Waals surface area (Å²) in [6, 6.07) is 6.86. The number of aliphatic hydroxyl groups is 1. The van der Waals surface area contributed by atoms with Gasteiger partial charge in [-0.15, -0.1) is 0 Å². The van der Waals surface area contributed by atoms with E-state index in [0.29, 0.717) is 5.02 Å². The molecule has 1 aliphatic heterocycles. The molecule has 1 aliphatic rings. The lowest BCUT2D eigenvalue weighted by Gasteiger charge is -2.18. The zero-order valence-corrected chi connectivity index (χ0v) is 12.4. The lowest BCUT2D eigenvalue weighted by Crippen LogP contribution is -2.39. The number of amides is 3. The summed E-state index contributed by atoms with van der Waals surface area (Å²) in [5.41, 5.74) is 0.819. The van der Waals surface area contributed by atoms with Crippen LogP contribution < -0.4 is 0 Å². The largest absolute Gasteiger partial charge is 0.389 e. The summed E-state index contributed by atoms with van der Waals surface area (Å²) >= 11 is 5.99. The quantitative estimate of drug-likeness (QED) is 0.799. The number of imide groups is 1. The molecule has 114 valence electrons. The van der Waals surface area contributed by atoms with Crippen molar-refractivity contribution in [3.63, 3.8) is 0 Å². The fraction of sp³-hybridized carbons (Fsp3) is 0.429. The number of carbonyl (C=O) groups excluding carboxylic acids is 2. The SMILES string of the molecule is CN1CC(=O)N(CC(O)COCc2ccccc2Cl)C1=O. The Labute approximate surface area is 127 Å². The van der Waals surface area contributed by atoms with Crippen LogP contribution in [0.4, 0.5) is 4.79 Å². The number of hydrogen-bond acceptors (Lipinski definition) is 4. The molecule has 0 aliphatic carbocycles. The van der Waals surface area contributed by atoms with Crippen molar-refractivity contribution < 1.29 is 19.4 Å². The van der Waals surface area contributed by atoms with Crippen molar-refractivity contribution in [2.45, 2.75) is 12.7 Å². The average Bonchev–Trinajstić information content (AvgIpc) is 2.68. The summed E-state index contributed by atoms with van der Waals surface area (Å²) in [6.07, 6.45) is -0.924. The van der Waals surface area contributed by atoms with Crippen LogP contribution in [0.5, 0.6) is 0 Å². The minimum absolute atomic E-state index is 0.0198. The predicted octanol–water partition coefficient (Wildman–Crippen LogP) is 1.11. The van der Waals surface area contributed by atoms with Crippen LogP contribution in [0.25, 0.3) is 0 Å². The molecule has 2 rings (SSSR count). The number of carbonyl (C=O) groups is 2. The smallest absolute Gasteiger partial charge is 0.327 e. The molecular formula is C14H17ClN2O4. The van der Waals surface area contributed by atoms with Crippen LogP contribution >= 0.6 is 11.6 Å². The lowest BCUT2D eigenvalue weighted by atomic mass is 10.2. The zero-order valence-electron chi connectivity index (χ0n) is 11.7. The maximum atomic E-state index is 11.7. The van der Waals surface area contributed by atoms with E-state index >= 15 is 0 Å². The number of likely N-dealkylation sites (N-methyl/N-ethyl adjacent to an activating group) is 1. The summed E-state index contributed by atoms with van der Waals surface area (Å²) < 4.78 is 5.37. The van der Waals surface area contributed by atoms with Crippen LogP contribution in [0.15, 0.2) is 24.3 Å². The Balaban J connectivity index is 1.78. The molecule has 0 bridgehead atoms. The Morgan fingerprint density at radius 1 is 1.38 bits per heavy atom. The van der Waals surface area contributed by atoms with E-state index in [1.807, 2.05) is 18.2 Å². The highest BCUT2D eigenvalue weighted by molar-refractivity contribution is 6.31. The van der Waals surface area contributed by atoms with Crippen LogP contribution in [-0.2, 0) is 16.1 Å². The molecule has 1 heterocycles. The van der Waals surface area contributed by atoms with Crippen molar-refractivity contribution in [3.05, 3.63) is 34.9 Å². The lowest BCUT2D eigenvalue weighted by molar-refractivity contribution is -0.126. The predicted molar refractivity (Wildman–Crippen MR) is 76.9 cm³/mol. The molecule has 1 saturated heterocycles. The number of urea groups is 1. The molecule has 0 aromatic heterocycles. The molecule has 1 fully saturated rings. The monoisotopic (exact) mass is 312 g/mol. The van der Waals surface area contributed by atoms with Gasteiger partial charge >= 0.3 is 6.03 Å². The van der Waals surface area contributed by atoms with Gasteiger partial charge in [0.2, 0.25) is 5.91 Å². The van der Waals surface area contributed by atoms with Gasteiger partial charge in [-0.2, -0.15) is 0 Å². The first-order valence-electron chi connectivity index (χ1n) is 6.53. The summed E-state index contributed by atoms with van der Waals surface area (Å²) in [6.45, 7) is 0.265. The minimum Gasteiger partial charge on any atom is -0.389 e. The highest BCUT2D eigenvalue weighted by Crippen LogP contribution is 2.16. The molecule has 1 atom stereocenters. The molecule has 0 radical (unpaired) electrons. The molecule has 1 aromatic carbocycles. The van der Waals surface area contributed by atoms with Crippen molar-refractivity contribution in [1.29, 1.82) is 0 Å². The molecule has 0 saturated carbocycles. The van der Waals surface area contributed by atoms with Gasteiger partial charge in [0.1, 0.15) is 6.54 Å². The summed E-state index contributed by atoms with van der Waals surface area (Å²) in [4.78, 5) is 25.6. The van der Waals surface area contributed by atoms with E-state index < -0.39 is 12.1 Å². The number of ether oxygens (including phenoxy) is 1. The fourth-order valence-corrected chi connectivity index (χ4v) is 2.22. The molecule has 0 spiro atoms. The first kappa shape index (κ1) is 15.8. The van der Waals surface area contributed by atoms with Gasteiger partial charge in [0.15, 0.2) is 0 Å². The van der Waals surface area contributed by atoms with Gasteiger partial charge in [0.25, 0.3) is 0 Å². The second kappa shape index (κ2) is 6.89. The van der Waals surface area contributed by atoms with Gasteiger partial charge in [-0.1, -0.05) is 29.8 Å². The van der Waals surface area contributed by atoms with E-state index in [0.717, 1.165) is 10.5 Å². The van der Waals surface area contributed by atoms with Gasteiger partial charge in [-0.3, -0.25) is 9.69 Å². The van der Waals surface area contributed by atoms with Crippen molar-refractivity contribution in [3.8, 4) is 0 Å². The molecular weight excluding hydrogens is 296 g/mol. The van der Waals surface area contributed by atoms with Gasteiger partial charge in [-0.25, -0.2) is 4.79 Å². The second-order valence-corrected chi connectivity index (χ2v) is 5.31. The molecule has 1 aromatic rings. The van der Waals surface area contributed by atoms with E-state index in [1.165, 1.54) is 4.90 Å².